The summed E-state index contributed by atoms with van der Waals surface area (Å²) in [5.41, 5.74) is -1.18. The highest BCUT2D eigenvalue weighted by atomic mass is 16.6. The lowest BCUT2D eigenvalue weighted by atomic mass is 9.74. The number of carbonyl (C=O) groups excluding carboxylic acids is 1. The molecule has 3 rings (SSSR count). The van der Waals surface area contributed by atoms with Gasteiger partial charge in [0.25, 0.3) is 0 Å². The van der Waals surface area contributed by atoms with Crippen LogP contribution >= 0.6 is 0 Å². The van der Waals surface area contributed by atoms with Crippen LogP contribution in [0.2, 0.25) is 0 Å². The third-order valence-electron chi connectivity index (χ3n) is 5.58. The fourth-order valence-corrected chi connectivity index (χ4v) is 4.43. The van der Waals surface area contributed by atoms with Crippen LogP contribution in [0.4, 0.5) is 0 Å². The molecule has 1 aliphatic heterocycles. The number of esters is 1. The summed E-state index contributed by atoms with van der Waals surface area (Å²) in [6.45, 7) is 7.47. The molecule has 2 unspecified atom stereocenters. The van der Waals surface area contributed by atoms with Gasteiger partial charge in [0.15, 0.2) is 0 Å². The van der Waals surface area contributed by atoms with Crippen molar-refractivity contribution in [3.8, 4) is 0 Å². The molecule has 3 fully saturated rings. The fraction of sp³-hybridized carbons (Fsp3) is 0.800. The Labute approximate surface area is 113 Å². The Morgan fingerprint density at radius 2 is 1.84 bits per heavy atom. The topological polar surface area (TPSA) is 66.8 Å². The number of rotatable bonds is 0. The quantitative estimate of drug-likeness (QED) is 0.514. The van der Waals surface area contributed by atoms with Crippen LogP contribution in [0.5, 0.6) is 0 Å². The molecule has 0 amide bonds. The second-order valence-electron chi connectivity index (χ2n) is 6.93. The molecule has 0 aromatic carbocycles. The minimum atomic E-state index is -0.882. The van der Waals surface area contributed by atoms with E-state index >= 15 is 0 Å². The Balaban J connectivity index is 2.04. The highest BCUT2D eigenvalue weighted by molar-refractivity contribution is 5.90. The second-order valence-corrected chi connectivity index (χ2v) is 6.93. The van der Waals surface area contributed by atoms with Crippen molar-refractivity contribution in [3.63, 3.8) is 0 Å². The molecule has 4 heteroatoms. The lowest BCUT2D eigenvalue weighted by molar-refractivity contribution is -0.150. The van der Waals surface area contributed by atoms with Gasteiger partial charge in [0.1, 0.15) is 6.10 Å². The first kappa shape index (κ1) is 13.1. The molecule has 0 aromatic heterocycles. The Kier molecular flexibility index (Phi) is 2.64. The zero-order valence-electron chi connectivity index (χ0n) is 11.6. The monoisotopic (exact) mass is 266 g/mol. The van der Waals surface area contributed by atoms with Crippen LogP contribution in [0, 0.1) is 17.8 Å². The Hall–Kier alpha value is -0.870. The van der Waals surface area contributed by atoms with Gasteiger partial charge in [-0.25, -0.2) is 4.79 Å². The average Bonchev–Trinajstić information content (AvgIpc) is 2.71. The van der Waals surface area contributed by atoms with E-state index in [0.29, 0.717) is 24.8 Å². The summed E-state index contributed by atoms with van der Waals surface area (Å²) in [7, 11) is 0. The number of carbonyl (C=O) groups is 1. The van der Waals surface area contributed by atoms with E-state index in [1.54, 1.807) is 6.92 Å². The highest BCUT2D eigenvalue weighted by Crippen LogP contribution is 2.55. The van der Waals surface area contributed by atoms with Crippen molar-refractivity contribution in [3.05, 3.63) is 12.2 Å². The number of hydrogen-bond donors (Lipinski definition) is 2. The van der Waals surface area contributed by atoms with Crippen LogP contribution in [0.25, 0.3) is 0 Å². The van der Waals surface area contributed by atoms with E-state index in [9.17, 15) is 15.0 Å². The van der Waals surface area contributed by atoms with E-state index in [1.165, 1.54) is 0 Å². The normalized spacial score (nSPS) is 53.5. The molecule has 106 valence electrons. The largest absolute Gasteiger partial charge is 0.458 e. The Bertz CT molecular complexity index is 437. The zero-order valence-corrected chi connectivity index (χ0v) is 11.6. The van der Waals surface area contributed by atoms with Crippen LogP contribution in [-0.4, -0.2) is 33.5 Å². The molecule has 0 radical (unpaired) electrons. The van der Waals surface area contributed by atoms with E-state index in [4.69, 9.17) is 4.74 Å². The molecule has 2 N–H and O–H groups in total. The van der Waals surface area contributed by atoms with Gasteiger partial charge in [0.05, 0.1) is 11.2 Å². The predicted octanol–water partition coefficient (Wildman–Crippen LogP) is 1.41. The van der Waals surface area contributed by atoms with Crippen LogP contribution in [0.3, 0.4) is 0 Å². The number of hydrogen-bond acceptors (Lipinski definition) is 4. The molecular weight excluding hydrogens is 244 g/mol. The average molecular weight is 266 g/mol. The third-order valence-corrected chi connectivity index (χ3v) is 5.58. The maximum absolute atomic E-state index is 11.7. The van der Waals surface area contributed by atoms with Gasteiger partial charge in [-0.15, -0.1) is 0 Å². The van der Waals surface area contributed by atoms with Crippen LogP contribution in [0.15, 0.2) is 12.2 Å². The first-order chi connectivity index (χ1) is 8.74. The third kappa shape index (κ3) is 1.77. The zero-order chi connectivity index (χ0) is 14.0. The summed E-state index contributed by atoms with van der Waals surface area (Å²) >= 11 is 0. The SMILES string of the molecule is C=C1C(=O)OC2C1CC[C@@](C)(O)[C@@H]1CC[C@@](C)(O)[C@H]21. The van der Waals surface area contributed by atoms with Crippen LogP contribution in [-0.2, 0) is 9.53 Å². The molecule has 19 heavy (non-hydrogen) atoms. The highest BCUT2D eigenvalue weighted by Gasteiger charge is 2.60. The van der Waals surface area contributed by atoms with Gasteiger partial charge in [-0.05, 0) is 45.4 Å². The molecule has 6 atom stereocenters. The fourth-order valence-electron chi connectivity index (χ4n) is 4.43. The van der Waals surface area contributed by atoms with Gasteiger partial charge in [0.2, 0.25) is 0 Å². The number of ether oxygens (including phenoxy) is 1. The number of aliphatic hydroxyl groups is 2. The van der Waals surface area contributed by atoms with Gasteiger partial charge >= 0.3 is 5.97 Å². The Morgan fingerprint density at radius 3 is 2.53 bits per heavy atom. The summed E-state index contributed by atoms with van der Waals surface area (Å²) < 4.78 is 5.49. The molecular formula is C15H22O4. The maximum Gasteiger partial charge on any atom is 0.334 e. The van der Waals surface area contributed by atoms with Crippen molar-refractivity contribution in [1.82, 2.24) is 0 Å². The molecule has 2 saturated carbocycles. The molecule has 1 saturated heterocycles. The Morgan fingerprint density at radius 1 is 1.21 bits per heavy atom. The molecule has 0 spiro atoms. The molecule has 2 aliphatic carbocycles. The minimum absolute atomic E-state index is 0.0174. The molecule has 0 bridgehead atoms. The van der Waals surface area contributed by atoms with E-state index in [-0.39, 0.29) is 29.8 Å². The first-order valence-corrected chi connectivity index (χ1v) is 7.08. The second kappa shape index (κ2) is 3.83. The first-order valence-electron chi connectivity index (χ1n) is 7.08. The van der Waals surface area contributed by atoms with E-state index in [0.717, 1.165) is 6.42 Å². The molecule has 3 aliphatic rings. The van der Waals surface area contributed by atoms with Crippen molar-refractivity contribution in [1.29, 1.82) is 0 Å². The minimum Gasteiger partial charge on any atom is -0.458 e. The van der Waals surface area contributed by atoms with Gasteiger partial charge in [0, 0.05) is 17.4 Å². The van der Waals surface area contributed by atoms with Crippen LogP contribution < -0.4 is 0 Å². The maximum atomic E-state index is 11.7. The lowest BCUT2D eigenvalue weighted by Crippen LogP contribution is -2.46. The van der Waals surface area contributed by atoms with Gasteiger partial charge < -0.3 is 14.9 Å². The number of fused-ring (bicyclic) bond motifs is 3. The van der Waals surface area contributed by atoms with E-state index in [2.05, 4.69) is 6.58 Å². The molecule has 1 heterocycles. The molecule has 4 nitrogen and oxygen atoms in total. The van der Waals surface area contributed by atoms with Crippen molar-refractivity contribution in [2.75, 3.05) is 0 Å². The summed E-state index contributed by atoms with van der Waals surface area (Å²) in [6.07, 6.45) is 2.42. The molecule has 0 aromatic rings. The van der Waals surface area contributed by atoms with Crippen molar-refractivity contribution >= 4 is 5.97 Å². The predicted molar refractivity (Wildman–Crippen MR) is 69.2 cm³/mol. The summed E-state index contributed by atoms with van der Waals surface area (Å²) in [5.74, 6) is -0.606. The van der Waals surface area contributed by atoms with Gasteiger partial charge in [-0.3, -0.25) is 0 Å². The summed E-state index contributed by atoms with van der Waals surface area (Å²) in [5, 5.41) is 21.3. The van der Waals surface area contributed by atoms with E-state index in [1.807, 2.05) is 6.92 Å². The van der Waals surface area contributed by atoms with Crippen molar-refractivity contribution < 1.29 is 19.7 Å². The summed E-state index contributed by atoms with van der Waals surface area (Å²) in [6, 6.07) is 0. The van der Waals surface area contributed by atoms with Gasteiger partial charge in [-0.1, -0.05) is 6.58 Å². The van der Waals surface area contributed by atoms with Crippen molar-refractivity contribution in [2.24, 2.45) is 17.8 Å². The summed E-state index contributed by atoms with van der Waals surface area (Å²) in [4.78, 5) is 11.7. The van der Waals surface area contributed by atoms with E-state index < -0.39 is 11.2 Å². The lowest BCUT2D eigenvalue weighted by Gasteiger charge is -2.37. The van der Waals surface area contributed by atoms with Crippen molar-refractivity contribution in [2.45, 2.75) is 56.8 Å². The van der Waals surface area contributed by atoms with Gasteiger partial charge in [-0.2, -0.15) is 0 Å². The smallest absolute Gasteiger partial charge is 0.334 e. The van der Waals surface area contributed by atoms with Crippen LogP contribution in [0.1, 0.15) is 39.5 Å². The standard InChI is InChI=1S/C15H22O4/c1-8-9-4-6-14(2,17)10-5-7-15(3,18)11(10)12(9)19-13(8)16/h9-12,17-18H,1,4-7H2,2-3H3/t9?,10-,11+,12?,14-,15-/m1/s1.